The number of hydrogen-bond acceptors (Lipinski definition) is 6. The first-order valence-electron chi connectivity index (χ1n) is 8.85. The Balaban J connectivity index is 1.55. The van der Waals surface area contributed by atoms with E-state index in [1.165, 1.54) is 19.1 Å². The molecule has 8 nitrogen and oxygen atoms in total. The van der Waals surface area contributed by atoms with Crippen LogP contribution in [0.15, 0.2) is 12.1 Å². The topological polar surface area (TPSA) is 103 Å². The summed E-state index contributed by atoms with van der Waals surface area (Å²) in [5.41, 5.74) is 0.124. The molecular weight excluding hydrogens is 376 g/mol. The van der Waals surface area contributed by atoms with E-state index in [-0.39, 0.29) is 16.6 Å². The fourth-order valence-electron chi connectivity index (χ4n) is 3.02. The fourth-order valence-corrected chi connectivity index (χ4v) is 3.28. The van der Waals surface area contributed by atoms with Gasteiger partial charge in [0.2, 0.25) is 0 Å². The molecule has 2 N–H and O–H groups in total. The first kappa shape index (κ1) is 19.3. The molecule has 1 atom stereocenters. The Labute approximate surface area is 161 Å². The molecular formula is C18H21ClN2O6. The van der Waals surface area contributed by atoms with Gasteiger partial charge in [-0.05, 0) is 31.9 Å². The van der Waals surface area contributed by atoms with E-state index in [9.17, 15) is 14.4 Å². The molecule has 1 aliphatic carbocycles. The third kappa shape index (κ3) is 4.82. The Morgan fingerprint density at radius 3 is 2.63 bits per heavy atom. The lowest BCUT2D eigenvalue weighted by Crippen LogP contribution is -2.47. The molecule has 1 aromatic carbocycles. The van der Waals surface area contributed by atoms with Crippen molar-refractivity contribution in [2.24, 2.45) is 0 Å². The standard InChI is InChI=1S/C18H21ClN2O6/c1-10(16(22)21-18(24)20-12-4-2-3-5-12)27-17(23)11-8-13(19)15-14(9-11)25-6-7-26-15/h8-10,12H,2-7H2,1H3,(H2,20,21,22,24)/t10-/m1/s1. The number of rotatable bonds is 4. The van der Waals surface area contributed by atoms with Crippen molar-refractivity contribution in [2.45, 2.75) is 44.8 Å². The summed E-state index contributed by atoms with van der Waals surface area (Å²) in [4.78, 5) is 36.2. The van der Waals surface area contributed by atoms with Crippen LogP contribution in [0.4, 0.5) is 4.79 Å². The molecule has 1 aromatic rings. The Kier molecular flexibility index (Phi) is 6.05. The van der Waals surface area contributed by atoms with Crippen LogP contribution in [0.1, 0.15) is 43.0 Å². The van der Waals surface area contributed by atoms with Crippen molar-refractivity contribution < 1.29 is 28.6 Å². The van der Waals surface area contributed by atoms with E-state index in [0.29, 0.717) is 24.7 Å². The number of hydrogen-bond donors (Lipinski definition) is 2. The van der Waals surface area contributed by atoms with Crippen molar-refractivity contribution in [2.75, 3.05) is 13.2 Å². The van der Waals surface area contributed by atoms with Gasteiger partial charge in [0.15, 0.2) is 17.6 Å². The van der Waals surface area contributed by atoms with Gasteiger partial charge in [-0.25, -0.2) is 9.59 Å². The molecule has 27 heavy (non-hydrogen) atoms. The van der Waals surface area contributed by atoms with E-state index >= 15 is 0 Å². The van der Waals surface area contributed by atoms with Crippen LogP contribution in [0.5, 0.6) is 11.5 Å². The third-order valence-corrected chi connectivity index (χ3v) is 4.69. The van der Waals surface area contributed by atoms with Crippen molar-refractivity contribution in [3.8, 4) is 11.5 Å². The van der Waals surface area contributed by atoms with E-state index in [2.05, 4.69) is 10.6 Å². The lowest BCUT2D eigenvalue weighted by molar-refractivity contribution is -0.127. The molecule has 0 spiro atoms. The third-order valence-electron chi connectivity index (χ3n) is 4.41. The molecule has 0 radical (unpaired) electrons. The van der Waals surface area contributed by atoms with Crippen molar-refractivity contribution in [3.05, 3.63) is 22.7 Å². The number of imide groups is 1. The van der Waals surface area contributed by atoms with Gasteiger partial charge < -0.3 is 19.5 Å². The smallest absolute Gasteiger partial charge is 0.339 e. The molecule has 1 aliphatic heterocycles. The van der Waals surface area contributed by atoms with Gasteiger partial charge in [-0.3, -0.25) is 10.1 Å². The largest absolute Gasteiger partial charge is 0.486 e. The predicted molar refractivity (Wildman–Crippen MR) is 96.2 cm³/mol. The van der Waals surface area contributed by atoms with Gasteiger partial charge in [0.05, 0.1) is 10.6 Å². The maximum atomic E-state index is 12.3. The molecule has 1 saturated carbocycles. The summed E-state index contributed by atoms with van der Waals surface area (Å²) in [5, 5.41) is 5.13. The summed E-state index contributed by atoms with van der Waals surface area (Å²) >= 11 is 6.10. The van der Waals surface area contributed by atoms with E-state index in [1.54, 1.807) is 0 Å². The highest BCUT2D eigenvalue weighted by Crippen LogP contribution is 2.38. The minimum absolute atomic E-state index is 0.0792. The molecule has 0 aromatic heterocycles. The number of urea groups is 1. The van der Waals surface area contributed by atoms with Crippen LogP contribution in [-0.2, 0) is 9.53 Å². The zero-order valence-electron chi connectivity index (χ0n) is 14.9. The first-order chi connectivity index (χ1) is 12.9. The molecule has 0 unspecified atom stereocenters. The lowest BCUT2D eigenvalue weighted by atomic mass is 10.2. The summed E-state index contributed by atoms with van der Waals surface area (Å²) in [7, 11) is 0. The highest BCUT2D eigenvalue weighted by atomic mass is 35.5. The van der Waals surface area contributed by atoms with E-state index in [0.717, 1.165) is 25.7 Å². The molecule has 9 heteroatoms. The number of fused-ring (bicyclic) bond motifs is 1. The van der Waals surface area contributed by atoms with Gasteiger partial charge in [-0.1, -0.05) is 24.4 Å². The molecule has 3 amide bonds. The summed E-state index contributed by atoms with van der Waals surface area (Å²) in [5.74, 6) is -0.752. The second-order valence-electron chi connectivity index (χ2n) is 6.47. The lowest BCUT2D eigenvalue weighted by Gasteiger charge is -2.20. The minimum Gasteiger partial charge on any atom is -0.486 e. The SMILES string of the molecule is C[C@@H](OC(=O)c1cc(Cl)c2c(c1)OCCO2)C(=O)NC(=O)NC1CCCC1. The second kappa shape index (κ2) is 8.47. The number of ether oxygens (including phenoxy) is 3. The summed E-state index contributed by atoms with van der Waals surface area (Å²) in [6, 6.07) is 2.32. The summed E-state index contributed by atoms with van der Waals surface area (Å²) in [6.07, 6.45) is 2.77. The zero-order valence-corrected chi connectivity index (χ0v) is 15.6. The fraction of sp³-hybridized carbons (Fsp3) is 0.500. The molecule has 146 valence electrons. The van der Waals surface area contributed by atoms with Gasteiger partial charge in [-0.2, -0.15) is 0 Å². The number of carbonyl (C=O) groups excluding carboxylic acids is 3. The average Bonchev–Trinajstić information content (AvgIpc) is 3.14. The first-order valence-corrected chi connectivity index (χ1v) is 9.23. The van der Waals surface area contributed by atoms with Gasteiger partial charge in [0, 0.05) is 6.04 Å². The highest BCUT2D eigenvalue weighted by molar-refractivity contribution is 6.32. The van der Waals surface area contributed by atoms with Crippen LogP contribution < -0.4 is 20.1 Å². The van der Waals surface area contributed by atoms with Crippen molar-refractivity contribution >= 4 is 29.5 Å². The second-order valence-corrected chi connectivity index (χ2v) is 6.88. The summed E-state index contributed by atoms with van der Waals surface area (Å²) in [6.45, 7) is 2.10. The van der Waals surface area contributed by atoms with Crippen LogP contribution in [0.3, 0.4) is 0 Å². The Bertz CT molecular complexity index is 748. The van der Waals surface area contributed by atoms with Crippen LogP contribution in [-0.4, -0.2) is 43.3 Å². The van der Waals surface area contributed by atoms with E-state index < -0.39 is 24.0 Å². The Morgan fingerprint density at radius 1 is 1.19 bits per heavy atom. The van der Waals surface area contributed by atoms with Crippen LogP contribution in [0, 0.1) is 0 Å². The monoisotopic (exact) mass is 396 g/mol. The predicted octanol–water partition coefficient (Wildman–Crippen LogP) is 2.42. The average molecular weight is 397 g/mol. The van der Waals surface area contributed by atoms with E-state index in [1.807, 2.05) is 0 Å². The molecule has 2 aliphatic rings. The number of halogens is 1. The molecule has 1 heterocycles. The highest BCUT2D eigenvalue weighted by Gasteiger charge is 2.25. The number of carbonyl (C=O) groups is 3. The molecule has 1 fully saturated rings. The Morgan fingerprint density at radius 2 is 1.89 bits per heavy atom. The molecule has 0 bridgehead atoms. The normalized spacial score (nSPS) is 17.1. The van der Waals surface area contributed by atoms with Gasteiger partial charge in [-0.15, -0.1) is 0 Å². The molecule has 0 saturated heterocycles. The van der Waals surface area contributed by atoms with E-state index in [4.69, 9.17) is 25.8 Å². The zero-order chi connectivity index (χ0) is 19.4. The van der Waals surface area contributed by atoms with Crippen molar-refractivity contribution in [3.63, 3.8) is 0 Å². The molecule has 3 rings (SSSR count). The van der Waals surface area contributed by atoms with Gasteiger partial charge in [0.1, 0.15) is 13.2 Å². The maximum absolute atomic E-state index is 12.3. The maximum Gasteiger partial charge on any atom is 0.339 e. The van der Waals surface area contributed by atoms with Crippen LogP contribution in [0.2, 0.25) is 5.02 Å². The van der Waals surface area contributed by atoms with Crippen molar-refractivity contribution in [1.29, 1.82) is 0 Å². The van der Waals surface area contributed by atoms with Crippen LogP contribution in [0.25, 0.3) is 0 Å². The van der Waals surface area contributed by atoms with Crippen molar-refractivity contribution in [1.82, 2.24) is 10.6 Å². The number of benzene rings is 1. The minimum atomic E-state index is -1.15. The van der Waals surface area contributed by atoms with Gasteiger partial charge >= 0.3 is 12.0 Å². The van der Waals surface area contributed by atoms with Gasteiger partial charge in [0.25, 0.3) is 5.91 Å². The quantitative estimate of drug-likeness (QED) is 0.757. The number of esters is 1. The number of nitrogens with one attached hydrogen (secondary N) is 2. The number of amides is 3. The Hall–Kier alpha value is -2.48. The summed E-state index contributed by atoms with van der Waals surface area (Å²) < 4.78 is 15.9. The van der Waals surface area contributed by atoms with Crippen LogP contribution >= 0.6 is 11.6 Å².